The minimum Gasteiger partial charge on any atom is -0.455 e. The lowest BCUT2D eigenvalue weighted by Crippen LogP contribution is -2.80. The van der Waals surface area contributed by atoms with E-state index >= 15 is 0 Å². The second kappa shape index (κ2) is 9.42. The first-order chi connectivity index (χ1) is 20.0. The van der Waals surface area contributed by atoms with Crippen LogP contribution in [0.1, 0.15) is 23.2 Å². The van der Waals surface area contributed by atoms with Crippen LogP contribution in [0, 0.1) is 34.5 Å². The second-order valence-corrected chi connectivity index (χ2v) is 13.7. The topological polar surface area (TPSA) is 147 Å². The molecule has 1 saturated heterocycles. The van der Waals surface area contributed by atoms with Crippen LogP contribution in [0.5, 0.6) is 0 Å². The highest BCUT2D eigenvalue weighted by molar-refractivity contribution is 5.89. The predicted molar refractivity (Wildman–Crippen MR) is 146 cm³/mol. The van der Waals surface area contributed by atoms with Crippen molar-refractivity contribution in [3.8, 4) is 0 Å². The van der Waals surface area contributed by atoms with Crippen molar-refractivity contribution in [2.45, 2.75) is 66.7 Å². The molecule has 7 bridgehead atoms. The van der Waals surface area contributed by atoms with E-state index in [1.54, 1.807) is 51.7 Å². The zero-order valence-corrected chi connectivity index (χ0v) is 24.8. The van der Waals surface area contributed by atoms with Gasteiger partial charge in [0.2, 0.25) is 0 Å². The summed E-state index contributed by atoms with van der Waals surface area (Å²) in [4.78, 5) is 15.7. The zero-order chi connectivity index (χ0) is 30.0. The zero-order valence-electron chi connectivity index (χ0n) is 24.8. The number of nitrogens with zero attached hydrogens (tertiary/aromatic N) is 1. The number of fused-ring (bicyclic) bond motifs is 2. The fourth-order valence-corrected chi connectivity index (χ4v) is 11.8. The Morgan fingerprint density at radius 3 is 2.33 bits per heavy atom. The Bertz CT molecular complexity index is 1240. The molecule has 7 rings (SSSR count). The maximum Gasteiger partial charge on any atom is 0.338 e. The van der Waals surface area contributed by atoms with Crippen molar-refractivity contribution in [1.29, 1.82) is 0 Å². The van der Waals surface area contributed by atoms with Gasteiger partial charge in [0.25, 0.3) is 0 Å². The number of esters is 1. The summed E-state index contributed by atoms with van der Waals surface area (Å²) in [5.74, 6) is -2.96. The Labute approximate surface area is 245 Å². The molecule has 1 aromatic rings. The van der Waals surface area contributed by atoms with E-state index in [1.165, 1.54) is 7.11 Å². The molecule has 1 spiro atoms. The summed E-state index contributed by atoms with van der Waals surface area (Å²) in [6.45, 7) is 0.760. The number of rotatable bonds is 7. The van der Waals surface area contributed by atoms with Gasteiger partial charge in [0, 0.05) is 76.0 Å². The third-order valence-corrected chi connectivity index (χ3v) is 12.6. The Morgan fingerprint density at radius 2 is 1.71 bits per heavy atom. The van der Waals surface area contributed by atoms with E-state index in [-0.39, 0.29) is 25.0 Å². The molecule has 5 aliphatic carbocycles. The molecule has 6 fully saturated rings. The minimum atomic E-state index is -1.86. The number of ether oxygens (including phenoxy) is 5. The van der Waals surface area contributed by atoms with Crippen molar-refractivity contribution in [3.63, 3.8) is 0 Å². The van der Waals surface area contributed by atoms with Gasteiger partial charge in [0.15, 0.2) is 0 Å². The van der Waals surface area contributed by atoms with E-state index in [4.69, 9.17) is 23.7 Å². The Hall–Kier alpha value is -1.67. The van der Waals surface area contributed by atoms with Crippen LogP contribution in [0.3, 0.4) is 0 Å². The van der Waals surface area contributed by atoms with Crippen molar-refractivity contribution < 1.29 is 48.9 Å². The Kier molecular flexibility index (Phi) is 6.52. The number of aliphatic hydroxyl groups excluding tert-OH is 2. The summed E-state index contributed by atoms with van der Waals surface area (Å²) in [6, 6.07) is 8.22. The molecule has 1 aliphatic heterocycles. The molecule has 0 unspecified atom stereocenters. The molecule has 6 aliphatic rings. The van der Waals surface area contributed by atoms with E-state index in [0.717, 1.165) is 0 Å². The van der Waals surface area contributed by atoms with Gasteiger partial charge in [-0.1, -0.05) is 18.2 Å². The van der Waals surface area contributed by atoms with Crippen molar-refractivity contribution >= 4 is 5.97 Å². The number of aliphatic hydroxyl groups is 4. The lowest BCUT2D eigenvalue weighted by Gasteiger charge is -2.69. The maximum atomic E-state index is 13.5. The monoisotopic (exact) mass is 589 g/mol. The predicted octanol–water partition coefficient (Wildman–Crippen LogP) is -0.313. The third kappa shape index (κ3) is 3.05. The molecular weight excluding hydrogens is 546 g/mol. The fourth-order valence-electron chi connectivity index (χ4n) is 11.8. The van der Waals surface area contributed by atoms with Gasteiger partial charge in [-0.25, -0.2) is 4.79 Å². The molecular formula is C31H43NO10. The summed E-state index contributed by atoms with van der Waals surface area (Å²) in [7, 11) is 8.22. The molecule has 15 atom stereocenters. The van der Waals surface area contributed by atoms with E-state index in [9.17, 15) is 25.2 Å². The van der Waals surface area contributed by atoms with Crippen LogP contribution in [-0.4, -0.2) is 134 Å². The molecule has 11 heteroatoms. The SMILES string of the molecule is COC[C@]12CN(C)[C@H]3[C@H]4[C@H](OC)[C@H]1[C@@]3([C@@H](OC)C[C@H]2O)[C@@H]1C[C@@]2(O)[C@H](OC(=O)c3ccccc3)[C@@H]1[C@]4(O)[C@@H](O)[C@@H]2OC. The Morgan fingerprint density at radius 1 is 1.00 bits per heavy atom. The number of likely N-dealkylation sites (tertiary alicyclic amines) is 1. The van der Waals surface area contributed by atoms with Crippen LogP contribution in [0.15, 0.2) is 30.3 Å². The van der Waals surface area contributed by atoms with Gasteiger partial charge in [-0.2, -0.15) is 0 Å². The third-order valence-electron chi connectivity index (χ3n) is 12.6. The first kappa shape index (κ1) is 29.1. The number of hydrogen-bond acceptors (Lipinski definition) is 11. The molecule has 4 N–H and O–H groups in total. The lowest BCUT2D eigenvalue weighted by atomic mass is 9.42. The largest absolute Gasteiger partial charge is 0.455 e. The smallest absolute Gasteiger partial charge is 0.338 e. The van der Waals surface area contributed by atoms with E-state index in [0.29, 0.717) is 18.5 Å². The molecule has 42 heavy (non-hydrogen) atoms. The van der Waals surface area contributed by atoms with Gasteiger partial charge in [0.05, 0.1) is 30.5 Å². The maximum absolute atomic E-state index is 13.5. The fraction of sp³-hybridized carbons (Fsp3) is 0.774. The van der Waals surface area contributed by atoms with Crippen LogP contribution in [0.2, 0.25) is 0 Å². The average molecular weight is 590 g/mol. The van der Waals surface area contributed by atoms with Crippen LogP contribution >= 0.6 is 0 Å². The highest BCUT2D eigenvalue weighted by Crippen LogP contribution is 2.80. The van der Waals surface area contributed by atoms with Gasteiger partial charge in [-0.3, -0.25) is 0 Å². The molecule has 232 valence electrons. The first-order valence-electron chi connectivity index (χ1n) is 14.9. The highest BCUT2D eigenvalue weighted by Gasteiger charge is 2.91. The summed E-state index contributed by atoms with van der Waals surface area (Å²) in [6.07, 6.45) is -5.28. The van der Waals surface area contributed by atoms with Crippen molar-refractivity contribution in [3.05, 3.63) is 35.9 Å². The van der Waals surface area contributed by atoms with Crippen LogP contribution < -0.4 is 0 Å². The minimum absolute atomic E-state index is 0.102. The summed E-state index contributed by atoms with van der Waals surface area (Å²) < 4.78 is 30.3. The van der Waals surface area contributed by atoms with E-state index in [1.807, 2.05) is 7.05 Å². The van der Waals surface area contributed by atoms with Gasteiger partial charge in [0.1, 0.15) is 29.5 Å². The van der Waals surface area contributed by atoms with Gasteiger partial charge >= 0.3 is 5.97 Å². The molecule has 0 radical (unpaired) electrons. The standard InChI is InChI=1S/C31H43NO10/c1-32-13-28(14-38-2)17(33)11-18(39-3)30-16-12-29(36)25(42-27(35)15-9-7-6-8-10-15)19(16)31(37,24(34)26(29)41-5)20(23(30)32)21(40-4)22(28)30/h6-10,16-26,33-34,36-37H,11-14H2,1-5H3/t16-,17-,18+,19-,20-,21+,22-,23+,24+,25-,26+,28+,29-,30+,31-/m1/s1. The summed E-state index contributed by atoms with van der Waals surface area (Å²) >= 11 is 0. The molecule has 0 aromatic heterocycles. The average Bonchev–Trinajstić information content (AvgIpc) is 3.37. The van der Waals surface area contributed by atoms with Crippen LogP contribution in [0.25, 0.3) is 0 Å². The van der Waals surface area contributed by atoms with Gasteiger partial charge in [-0.15, -0.1) is 0 Å². The van der Waals surface area contributed by atoms with Crippen LogP contribution in [-0.2, 0) is 23.7 Å². The summed E-state index contributed by atoms with van der Waals surface area (Å²) in [5, 5.41) is 49.4. The normalized spacial score (nSPS) is 53.7. The number of piperidine rings is 1. The highest BCUT2D eigenvalue weighted by atomic mass is 16.6. The second-order valence-electron chi connectivity index (χ2n) is 13.7. The van der Waals surface area contributed by atoms with Crippen molar-refractivity contribution in [2.24, 2.45) is 34.5 Å². The lowest BCUT2D eigenvalue weighted by molar-refractivity contribution is -0.318. The van der Waals surface area contributed by atoms with E-state index < -0.39 is 82.4 Å². The molecule has 1 aromatic carbocycles. The number of benzene rings is 1. The molecule has 0 amide bonds. The summed E-state index contributed by atoms with van der Waals surface area (Å²) in [5.41, 5.74) is -4.81. The number of carbonyl (C=O) groups is 1. The first-order valence-corrected chi connectivity index (χ1v) is 14.9. The van der Waals surface area contributed by atoms with Gasteiger partial charge in [-0.05, 0) is 31.5 Å². The number of hydrogen-bond donors (Lipinski definition) is 4. The van der Waals surface area contributed by atoms with Crippen LogP contribution in [0.4, 0.5) is 0 Å². The number of methoxy groups -OCH3 is 4. The molecule has 1 heterocycles. The quantitative estimate of drug-likeness (QED) is 0.311. The van der Waals surface area contributed by atoms with Gasteiger partial charge < -0.3 is 49.0 Å². The van der Waals surface area contributed by atoms with E-state index in [2.05, 4.69) is 4.90 Å². The number of carbonyl (C=O) groups excluding carboxylic acids is 1. The van der Waals surface area contributed by atoms with Crippen molar-refractivity contribution in [2.75, 3.05) is 48.6 Å². The Balaban J connectivity index is 1.47. The molecule has 11 nitrogen and oxygen atoms in total. The van der Waals surface area contributed by atoms with Crippen molar-refractivity contribution in [1.82, 2.24) is 4.90 Å². The molecule has 5 saturated carbocycles.